The largest absolute Gasteiger partial charge is 0.374 e. The predicted molar refractivity (Wildman–Crippen MR) is 81.5 cm³/mol. The molecule has 0 saturated carbocycles. The van der Waals surface area contributed by atoms with E-state index < -0.39 is 0 Å². The first kappa shape index (κ1) is 15.1. The molecule has 1 saturated heterocycles. The summed E-state index contributed by atoms with van der Waals surface area (Å²) in [5.74, 6) is -0.0450. The van der Waals surface area contributed by atoms with Crippen LogP contribution in [0.3, 0.4) is 0 Å². The van der Waals surface area contributed by atoms with Gasteiger partial charge in [-0.1, -0.05) is 0 Å². The third kappa shape index (κ3) is 3.67. The monoisotopic (exact) mass is 322 g/mol. The molecular formula is C13H18N6O2S. The summed E-state index contributed by atoms with van der Waals surface area (Å²) in [5.41, 5.74) is 0. The Morgan fingerprint density at radius 2 is 2.55 bits per heavy atom. The molecule has 9 heteroatoms. The molecule has 1 aliphatic heterocycles. The van der Waals surface area contributed by atoms with Crippen LogP contribution < -0.4 is 5.32 Å². The number of nitrogens with one attached hydrogen (secondary N) is 1. The highest BCUT2D eigenvalue weighted by molar-refractivity contribution is 7.13. The van der Waals surface area contributed by atoms with Gasteiger partial charge in [0.15, 0.2) is 5.13 Å². The Kier molecular flexibility index (Phi) is 4.76. The lowest BCUT2D eigenvalue weighted by Gasteiger charge is -2.35. The van der Waals surface area contributed by atoms with Gasteiger partial charge < -0.3 is 10.1 Å². The minimum Gasteiger partial charge on any atom is -0.374 e. The zero-order valence-corrected chi connectivity index (χ0v) is 13.1. The van der Waals surface area contributed by atoms with Crippen molar-refractivity contribution in [3.8, 4) is 0 Å². The number of amides is 1. The van der Waals surface area contributed by atoms with Gasteiger partial charge >= 0.3 is 0 Å². The normalized spacial score (nSPS) is 20.7. The number of hydrogen-bond donors (Lipinski definition) is 1. The van der Waals surface area contributed by atoms with Crippen LogP contribution in [0.4, 0.5) is 5.13 Å². The van der Waals surface area contributed by atoms with E-state index in [4.69, 9.17) is 4.74 Å². The number of morpholine rings is 1. The maximum atomic E-state index is 12.3. The first-order valence-electron chi connectivity index (χ1n) is 7.11. The van der Waals surface area contributed by atoms with Crippen molar-refractivity contribution in [2.24, 2.45) is 0 Å². The predicted octanol–water partition coefficient (Wildman–Crippen LogP) is 0.463. The van der Waals surface area contributed by atoms with Gasteiger partial charge in [0.05, 0.1) is 25.3 Å². The quantitative estimate of drug-likeness (QED) is 0.861. The SMILES string of the molecule is C[C@@H](C(=O)Nc1nccs1)N1CCO[C@H](Cn2cncn2)C1. The van der Waals surface area contributed by atoms with E-state index in [-0.39, 0.29) is 18.1 Å². The number of thiazole rings is 1. The van der Waals surface area contributed by atoms with Gasteiger partial charge in [-0.25, -0.2) is 9.97 Å². The summed E-state index contributed by atoms with van der Waals surface area (Å²) in [6.07, 6.45) is 4.85. The molecule has 118 valence electrons. The topological polar surface area (TPSA) is 85.2 Å². The Hall–Kier alpha value is -1.84. The molecule has 3 heterocycles. The molecule has 2 atom stereocenters. The summed E-state index contributed by atoms with van der Waals surface area (Å²) in [6.45, 7) is 4.57. The number of rotatable bonds is 5. The molecule has 0 aromatic carbocycles. The molecule has 0 bridgehead atoms. The highest BCUT2D eigenvalue weighted by Crippen LogP contribution is 2.14. The first-order chi connectivity index (χ1) is 10.7. The Labute approximate surface area is 132 Å². The highest BCUT2D eigenvalue weighted by atomic mass is 32.1. The number of nitrogens with zero attached hydrogens (tertiary/aromatic N) is 5. The van der Waals surface area contributed by atoms with Gasteiger partial charge in [-0.15, -0.1) is 11.3 Å². The van der Waals surface area contributed by atoms with Gasteiger partial charge in [-0.3, -0.25) is 14.4 Å². The average Bonchev–Trinajstić information content (AvgIpc) is 3.20. The molecule has 1 amide bonds. The Morgan fingerprint density at radius 1 is 1.64 bits per heavy atom. The van der Waals surface area contributed by atoms with Crippen molar-refractivity contribution in [3.05, 3.63) is 24.2 Å². The van der Waals surface area contributed by atoms with Crippen molar-refractivity contribution < 1.29 is 9.53 Å². The van der Waals surface area contributed by atoms with E-state index in [1.165, 1.54) is 17.7 Å². The summed E-state index contributed by atoms with van der Waals surface area (Å²) in [7, 11) is 0. The lowest BCUT2D eigenvalue weighted by Crippen LogP contribution is -2.51. The molecule has 0 radical (unpaired) electrons. The first-order valence-corrected chi connectivity index (χ1v) is 7.99. The van der Waals surface area contributed by atoms with Crippen molar-refractivity contribution in [3.63, 3.8) is 0 Å². The summed E-state index contributed by atoms with van der Waals surface area (Å²) >= 11 is 1.41. The number of ether oxygens (including phenoxy) is 1. The summed E-state index contributed by atoms with van der Waals surface area (Å²) in [4.78, 5) is 22.4. The zero-order valence-electron chi connectivity index (χ0n) is 12.3. The van der Waals surface area contributed by atoms with E-state index in [2.05, 4.69) is 25.3 Å². The van der Waals surface area contributed by atoms with E-state index in [9.17, 15) is 4.79 Å². The zero-order chi connectivity index (χ0) is 15.4. The van der Waals surface area contributed by atoms with Crippen LogP contribution in [0.1, 0.15) is 6.92 Å². The molecule has 2 aromatic heterocycles. The summed E-state index contributed by atoms with van der Waals surface area (Å²) in [6, 6.07) is -0.231. The Bertz CT molecular complexity index is 588. The van der Waals surface area contributed by atoms with Crippen LogP contribution in [0.15, 0.2) is 24.2 Å². The van der Waals surface area contributed by atoms with Crippen LogP contribution in [0.25, 0.3) is 0 Å². The van der Waals surface area contributed by atoms with Crippen LogP contribution in [0, 0.1) is 0 Å². The third-order valence-corrected chi connectivity index (χ3v) is 4.31. The standard InChI is InChI=1S/C13H18N6O2S/c1-10(12(20)17-13-15-2-5-22-13)18-3-4-21-11(6-18)7-19-9-14-8-16-19/h2,5,8-11H,3-4,6-7H2,1H3,(H,15,17,20)/t10-,11-/m0/s1. The minimum atomic E-state index is -0.231. The van der Waals surface area contributed by atoms with Crippen LogP contribution in [0.5, 0.6) is 0 Å². The second kappa shape index (κ2) is 6.95. The second-order valence-electron chi connectivity index (χ2n) is 5.11. The van der Waals surface area contributed by atoms with Crippen LogP contribution in [-0.2, 0) is 16.1 Å². The molecule has 0 unspecified atom stereocenters. The van der Waals surface area contributed by atoms with Gasteiger partial charge in [-0.05, 0) is 6.92 Å². The maximum absolute atomic E-state index is 12.3. The lowest BCUT2D eigenvalue weighted by atomic mass is 10.2. The molecule has 0 aliphatic carbocycles. The Balaban J connectivity index is 1.55. The highest BCUT2D eigenvalue weighted by Gasteiger charge is 2.28. The van der Waals surface area contributed by atoms with Gasteiger partial charge in [0.2, 0.25) is 5.91 Å². The van der Waals surface area contributed by atoms with Crippen molar-refractivity contribution in [2.75, 3.05) is 25.0 Å². The summed E-state index contributed by atoms with van der Waals surface area (Å²) in [5, 5.41) is 9.39. The Morgan fingerprint density at radius 3 is 3.27 bits per heavy atom. The molecule has 1 fully saturated rings. The minimum absolute atomic E-state index is 0.00515. The maximum Gasteiger partial charge on any atom is 0.243 e. The number of carbonyl (C=O) groups is 1. The van der Waals surface area contributed by atoms with Crippen molar-refractivity contribution in [1.29, 1.82) is 0 Å². The molecule has 22 heavy (non-hydrogen) atoms. The van der Waals surface area contributed by atoms with Crippen molar-refractivity contribution in [1.82, 2.24) is 24.6 Å². The van der Waals surface area contributed by atoms with Gasteiger partial charge in [0, 0.05) is 24.7 Å². The van der Waals surface area contributed by atoms with E-state index >= 15 is 0 Å². The number of carbonyl (C=O) groups excluding carboxylic acids is 1. The fourth-order valence-electron chi connectivity index (χ4n) is 2.40. The fourth-order valence-corrected chi connectivity index (χ4v) is 2.93. The van der Waals surface area contributed by atoms with Crippen molar-refractivity contribution >= 4 is 22.4 Å². The lowest BCUT2D eigenvalue weighted by molar-refractivity contribution is -0.124. The van der Waals surface area contributed by atoms with Crippen LogP contribution in [0.2, 0.25) is 0 Å². The third-order valence-electron chi connectivity index (χ3n) is 3.62. The average molecular weight is 322 g/mol. The summed E-state index contributed by atoms with van der Waals surface area (Å²) < 4.78 is 7.49. The van der Waals surface area contributed by atoms with Gasteiger partial charge in [0.1, 0.15) is 12.7 Å². The molecule has 2 aromatic rings. The molecule has 3 rings (SSSR count). The molecule has 1 N–H and O–H groups in total. The van der Waals surface area contributed by atoms with Crippen LogP contribution in [-0.4, -0.2) is 62.4 Å². The van der Waals surface area contributed by atoms with E-state index in [1.807, 2.05) is 12.3 Å². The van der Waals surface area contributed by atoms with Gasteiger partial charge in [-0.2, -0.15) is 5.10 Å². The smallest absolute Gasteiger partial charge is 0.243 e. The second-order valence-corrected chi connectivity index (χ2v) is 6.00. The molecule has 1 aliphatic rings. The van der Waals surface area contributed by atoms with E-state index in [0.29, 0.717) is 24.8 Å². The van der Waals surface area contributed by atoms with Crippen molar-refractivity contribution in [2.45, 2.75) is 25.6 Å². The van der Waals surface area contributed by atoms with Crippen LogP contribution >= 0.6 is 11.3 Å². The number of anilines is 1. The van der Waals surface area contributed by atoms with E-state index in [1.54, 1.807) is 17.2 Å². The molecule has 0 spiro atoms. The molecular weight excluding hydrogens is 304 g/mol. The number of hydrogen-bond acceptors (Lipinski definition) is 7. The number of aromatic nitrogens is 4. The van der Waals surface area contributed by atoms with Gasteiger partial charge in [0.25, 0.3) is 0 Å². The fraction of sp³-hybridized carbons (Fsp3) is 0.538. The molecule has 8 nitrogen and oxygen atoms in total. The van der Waals surface area contributed by atoms with E-state index in [0.717, 1.165) is 6.54 Å².